The molecule has 0 saturated heterocycles. The molecule has 8 heteroatoms. The van der Waals surface area contributed by atoms with Crippen LogP contribution in [0.3, 0.4) is 0 Å². The summed E-state index contributed by atoms with van der Waals surface area (Å²) in [4.78, 5) is 16.2. The van der Waals surface area contributed by atoms with E-state index < -0.39 is 17.3 Å². The second-order valence-corrected chi connectivity index (χ2v) is 5.47. The van der Waals surface area contributed by atoms with E-state index in [2.05, 4.69) is 4.98 Å². The molecule has 0 aliphatic rings. The lowest BCUT2D eigenvalue weighted by atomic mass is 10.0. The van der Waals surface area contributed by atoms with Gasteiger partial charge in [0, 0.05) is 6.07 Å². The largest absolute Gasteiger partial charge is 0.482 e. The Kier molecular flexibility index (Phi) is 3.90. The fraction of sp³-hybridized carbons (Fsp3) is 0.176. The number of methoxy groups -OCH3 is 1. The lowest BCUT2D eigenvalue weighted by molar-refractivity contribution is -0.137. The number of hydrogen-bond acceptors (Lipinski definition) is 4. The third-order valence-corrected chi connectivity index (χ3v) is 3.90. The van der Waals surface area contributed by atoms with Gasteiger partial charge in [-0.25, -0.2) is 0 Å². The van der Waals surface area contributed by atoms with Crippen LogP contribution in [0.15, 0.2) is 41.2 Å². The number of aryl methyl sites for hydroxylation is 1. The van der Waals surface area contributed by atoms with Crippen LogP contribution in [0.4, 0.5) is 19.1 Å². The van der Waals surface area contributed by atoms with Gasteiger partial charge in [0.25, 0.3) is 5.56 Å². The molecule has 0 aliphatic heterocycles. The van der Waals surface area contributed by atoms with E-state index in [4.69, 9.17) is 10.5 Å². The summed E-state index contributed by atoms with van der Waals surface area (Å²) in [6, 6.07) is 8.56. The van der Waals surface area contributed by atoms with Gasteiger partial charge in [-0.3, -0.25) is 9.20 Å². The molecule has 0 saturated carbocycles. The van der Waals surface area contributed by atoms with Crippen LogP contribution in [0, 0.1) is 6.92 Å². The summed E-state index contributed by atoms with van der Waals surface area (Å²) in [6.07, 6.45) is -4.61. The van der Waals surface area contributed by atoms with Gasteiger partial charge in [0.05, 0.1) is 23.8 Å². The van der Waals surface area contributed by atoms with Gasteiger partial charge < -0.3 is 10.5 Å². The van der Waals surface area contributed by atoms with E-state index in [9.17, 15) is 18.0 Å². The summed E-state index contributed by atoms with van der Waals surface area (Å²) in [5.74, 6) is -0.410. The summed E-state index contributed by atoms with van der Waals surface area (Å²) < 4.78 is 46.0. The zero-order valence-corrected chi connectivity index (χ0v) is 13.4. The third-order valence-electron chi connectivity index (χ3n) is 3.90. The minimum atomic E-state index is -4.61. The Morgan fingerprint density at radius 3 is 2.48 bits per heavy atom. The van der Waals surface area contributed by atoms with Gasteiger partial charge in [-0.2, -0.15) is 18.2 Å². The van der Waals surface area contributed by atoms with Crippen LogP contribution in [0.1, 0.15) is 11.1 Å². The number of fused-ring (bicyclic) bond motifs is 1. The van der Waals surface area contributed by atoms with Crippen LogP contribution in [0.25, 0.3) is 16.6 Å². The highest BCUT2D eigenvalue weighted by Crippen LogP contribution is 2.36. The van der Waals surface area contributed by atoms with Crippen LogP contribution in [-0.2, 0) is 6.18 Å². The minimum absolute atomic E-state index is 0.0153. The summed E-state index contributed by atoms with van der Waals surface area (Å²) >= 11 is 0. The van der Waals surface area contributed by atoms with Crippen LogP contribution in [-0.4, -0.2) is 16.5 Å². The molecule has 0 unspecified atom stereocenters. The normalized spacial score (nSPS) is 11.7. The highest BCUT2D eigenvalue weighted by Gasteiger charge is 2.33. The number of rotatable bonds is 2. The zero-order valence-electron chi connectivity index (χ0n) is 13.4. The molecule has 3 aromatic rings. The van der Waals surface area contributed by atoms with E-state index >= 15 is 0 Å². The molecular formula is C17H14F3N3O2. The molecule has 130 valence electrons. The number of aromatic nitrogens is 2. The van der Waals surface area contributed by atoms with E-state index in [1.54, 1.807) is 31.2 Å². The summed E-state index contributed by atoms with van der Waals surface area (Å²) in [5, 5.41) is 0. The Morgan fingerprint density at radius 1 is 1.20 bits per heavy atom. The number of pyridine rings is 1. The molecule has 0 atom stereocenters. The highest BCUT2D eigenvalue weighted by atomic mass is 19.4. The van der Waals surface area contributed by atoms with Crippen molar-refractivity contribution in [2.24, 2.45) is 0 Å². The van der Waals surface area contributed by atoms with Gasteiger partial charge >= 0.3 is 6.18 Å². The summed E-state index contributed by atoms with van der Waals surface area (Å²) in [7, 11) is 1.22. The van der Waals surface area contributed by atoms with E-state index in [0.717, 1.165) is 17.7 Å². The van der Waals surface area contributed by atoms with Gasteiger partial charge in [0.15, 0.2) is 0 Å². The molecule has 0 fully saturated rings. The van der Waals surface area contributed by atoms with Crippen LogP contribution < -0.4 is 16.0 Å². The number of hydrogen-bond donors (Lipinski definition) is 1. The quantitative estimate of drug-likeness (QED) is 0.771. The Balaban J connectivity index is 2.53. The highest BCUT2D eigenvalue weighted by molar-refractivity contribution is 5.83. The molecule has 5 nitrogen and oxygen atoms in total. The second kappa shape index (κ2) is 5.80. The molecule has 0 bridgehead atoms. The Morgan fingerprint density at radius 2 is 1.88 bits per heavy atom. The fourth-order valence-electron chi connectivity index (χ4n) is 2.73. The van der Waals surface area contributed by atoms with Crippen molar-refractivity contribution in [2.75, 3.05) is 12.8 Å². The lowest BCUT2D eigenvalue weighted by Crippen LogP contribution is -2.19. The first kappa shape index (κ1) is 16.8. The molecule has 0 amide bonds. The van der Waals surface area contributed by atoms with Gasteiger partial charge in [-0.1, -0.05) is 24.3 Å². The van der Waals surface area contributed by atoms with Crippen molar-refractivity contribution in [3.8, 4) is 17.0 Å². The first-order chi connectivity index (χ1) is 11.7. The number of nitrogens with two attached hydrogens (primary N) is 1. The maximum atomic E-state index is 13.3. The van der Waals surface area contributed by atoms with Crippen molar-refractivity contribution in [1.29, 1.82) is 0 Å². The summed E-state index contributed by atoms with van der Waals surface area (Å²) in [5.41, 5.74) is 5.36. The Bertz CT molecular complexity index is 1030. The minimum Gasteiger partial charge on any atom is -0.482 e. The lowest BCUT2D eigenvalue weighted by Gasteiger charge is -2.17. The number of halogens is 3. The average molecular weight is 349 g/mol. The molecule has 3 rings (SSSR count). The van der Waals surface area contributed by atoms with Gasteiger partial charge in [-0.05, 0) is 24.1 Å². The maximum absolute atomic E-state index is 13.3. The maximum Gasteiger partial charge on any atom is 0.416 e. The van der Waals surface area contributed by atoms with Crippen LogP contribution >= 0.6 is 0 Å². The molecule has 0 radical (unpaired) electrons. The van der Waals surface area contributed by atoms with Gasteiger partial charge in [-0.15, -0.1) is 0 Å². The molecule has 2 N–H and O–H groups in total. The molecule has 1 aromatic carbocycles. The second-order valence-electron chi connectivity index (χ2n) is 5.47. The molecule has 2 heterocycles. The van der Waals surface area contributed by atoms with Crippen molar-refractivity contribution in [3.05, 3.63) is 57.9 Å². The monoisotopic (exact) mass is 349 g/mol. The SMILES string of the molecule is COc1cc(C(F)(F)F)cc2c(-c3ccccc3C)c(=O)nc(N)n12. The number of alkyl halides is 3. The van der Waals surface area contributed by atoms with E-state index in [1.807, 2.05) is 0 Å². The number of ether oxygens (including phenoxy) is 1. The first-order valence-electron chi connectivity index (χ1n) is 7.27. The van der Waals surface area contributed by atoms with Crippen LogP contribution in [0.2, 0.25) is 0 Å². The Hall–Kier alpha value is -3.03. The van der Waals surface area contributed by atoms with Crippen molar-refractivity contribution < 1.29 is 17.9 Å². The van der Waals surface area contributed by atoms with Crippen LogP contribution in [0.5, 0.6) is 5.88 Å². The van der Waals surface area contributed by atoms with Crippen molar-refractivity contribution >= 4 is 11.5 Å². The topological polar surface area (TPSA) is 69.6 Å². The molecule has 25 heavy (non-hydrogen) atoms. The predicted molar refractivity (Wildman–Crippen MR) is 87.6 cm³/mol. The van der Waals surface area contributed by atoms with E-state index in [-0.39, 0.29) is 22.9 Å². The number of anilines is 1. The Labute approximate surface area is 140 Å². The molecule has 0 aliphatic carbocycles. The molecule has 2 aromatic heterocycles. The average Bonchev–Trinajstić information content (AvgIpc) is 2.54. The van der Waals surface area contributed by atoms with Crippen molar-refractivity contribution in [1.82, 2.24) is 9.38 Å². The molecule has 0 spiro atoms. The van der Waals surface area contributed by atoms with Gasteiger partial charge in [0.1, 0.15) is 0 Å². The van der Waals surface area contributed by atoms with E-state index in [0.29, 0.717) is 5.56 Å². The number of nitrogens with zero attached hydrogens (tertiary/aromatic N) is 2. The first-order valence-corrected chi connectivity index (χ1v) is 7.27. The van der Waals surface area contributed by atoms with Crippen molar-refractivity contribution in [2.45, 2.75) is 13.1 Å². The fourth-order valence-corrected chi connectivity index (χ4v) is 2.73. The third kappa shape index (κ3) is 2.79. The number of benzene rings is 1. The van der Waals surface area contributed by atoms with Crippen molar-refractivity contribution in [3.63, 3.8) is 0 Å². The zero-order chi connectivity index (χ0) is 18.4. The predicted octanol–water partition coefficient (Wildman–Crippen LogP) is 3.28. The van der Waals surface area contributed by atoms with E-state index in [1.165, 1.54) is 11.5 Å². The summed E-state index contributed by atoms with van der Waals surface area (Å²) in [6.45, 7) is 1.76. The number of nitrogen functional groups attached to an aromatic ring is 1. The molecular weight excluding hydrogens is 335 g/mol. The van der Waals surface area contributed by atoms with Gasteiger partial charge in [0.2, 0.25) is 11.8 Å². The standard InChI is InChI=1S/C17H14F3N3O2/c1-9-5-3-4-6-11(9)14-12-7-10(17(18,19)20)8-13(25-2)23(12)16(21)22-15(14)24/h3-8H,1-2H3,(H2,21,22,24). The smallest absolute Gasteiger partial charge is 0.416 e.